The maximum absolute atomic E-state index is 9.28. The monoisotopic (exact) mass is 411 g/mol. The van der Waals surface area contributed by atoms with Crippen molar-refractivity contribution in [1.29, 1.82) is 0 Å². The summed E-state index contributed by atoms with van der Waals surface area (Å²) in [5.41, 5.74) is 0. The second-order valence-electron chi connectivity index (χ2n) is 6.22. The van der Waals surface area contributed by atoms with E-state index >= 15 is 0 Å². The molecule has 0 spiro atoms. The van der Waals surface area contributed by atoms with Gasteiger partial charge in [-0.25, -0.2) is 5.26 Å². The minimum atomic E-state index is -4.65. The third kappa shape index (κ3) is 21.5. The van der Waals surface area contributed by atoms with Crippen molar-refractivity contribution in [3.05, 3.63) is 0 Å². The molecule has 0 fully saturated rings. The molecule has 25 heavy (non-hydrogen) atoms. The van der Waals surface area contributed by atoms with Crippen LogP contribution in [0.4, 0.5) is 0 Å². The average molecular weight is 412 g/mol. The number of rotatable bonds is 14. The van der Waals surface area contributed by atoms with Gasteiger partial charge in [-0.1, -0.05) is 62.8 Å². The molecular formula is C16H38KNO6S+2. The third-order valence-corrected chi connectivity index (χ3v) is 4.29. The van der Waals surface area contributed by atoms with Crippen LogP contribution in [0.2, 0.25) is 0 Å². The first-order valence-corrected chi connectivity index (χ1v) is 10.5. The van der Waals surface area contributed by atoms with Crippen LogP contribution in [-0.2, 0) is 19.8 Å². The number of nitrogens with zero attached hydrogens (tertiary/aromatic N) is 1. The van der Waals surface area contributed by atoms with E-state index in [9.17, 15) is 8.42 Å². The van der Waals surface area contributed by atoms with Crippen molar-refractivity contribution in [1.82, 2.24) is 0 Å². The Morgan fingerprint density at radius 2 is 1.04 bits per heavy atom. The predicted molar refractivity (Wildman–Crippen MR) is 95.7 cm³/mol. The van der Waals surface area contributed by atoms with Gasteiger partial charge in [0.2, 0.25) is 0 Å². The Kier molecular flexibility index (Phi) is 25.0. The molecule has 0 rings (SSSR count). The van der Waals surface area contributed by atoms with Crippen LogP contribution in [0.1, 0.15) is 79.1 Å². The van der Waals surface area contributed by atoms with Gasteiger partial charge in [-0.05, 0) is 25.7 Å². The van der Waals surface area contributed by atoms with E-state index in [1.54, 1.807) is 0 Å². The van der Waals surface area contributed by atoms with Crippen molar-refractivity contribution < 1.29 is 83.5 Å². The van der Waals surface area contributed by atoms with Gasteiger partial charge >= 0.3 is 61.8 Å². The van der Waals surface area contributed by atoms with Gasteiger partial charge in [0, 0.05) is 0 Å². The maximum Gasteiger partial charge on any atom is 1.00 e. The van der Waals surface area contributed by atoms with Gasteiger partial charge in [-0.3, -0.25) is 4.55 Å². The van der Waals surface area contributed by atoms with Gasteiger partial charge < -0.3 is 4.48 Å². The standard InChI is InChI=1S/C16H36N.K.H2O6S/c1-5-9-13-17(14-10-6-2,15-11-7-3)16-12-8-4;;1-5-6-7(2,3)4/h5-16H2,1-4H3;;1H,(H,2,3,4)/q2*+1;. The molecule has 0 atom stereocenters. The Bertz CT molecular complexity index is 330. The van der Waals surface area contributed by atoms with E-state index in [4.69, 9.17) is 9.81 Å². The first-order chi connectivity index (χ1) is 11.3. The Balaban J connectivity index is -0.000000513. The molecule has 0 aromatic rings. The van der Waals surface area contributed by atoms with Crippen LogP contribution in [0.15, 0.2) is 0 Å². The molecule has 0 aliphatic carbocycles. The van der Waals surface area contributed by atoms with Crippen LogP contribution in [0.3, 0.4) is 0 Å². The van der Waals surface area contributed by atoms with E-state index in [0.29, 0.717) is 0 Å². The minimum Gasteiger partial charge on any atom is -0.324 e. The fraction of sp³-hybridized carbons (Fsp3) is 1.00. The van der Waals surface area contributed by atoms with E-state index in [2.05, 4.69) is 37.1 Å². The molecule has 0 saturated heterocycles. The smallest absolute Gasteiger partial charge is 0.324 e. The summed E-state index contributed by atoms with van der Waals surface area (Å²) in [6.07, 6.45) is 11.1. The molecular weight excluding hydrogens is 373 g/mol. The number of hydrogen-bond donors (Lipinski definition) is 2. The fourth-order valence-corrected chi connectivity index (χ4v) is 2.76. The Morgan fingerprint density at radius 1 is 0.760 bits per heavy atom. The summed E-state index contributed by atoms with van der Waals surface area (Å²) < 4.78 is 30.3. The van der Waals surface area contributed by atoms with Crippen molar-refractivity contribution in [2.24, 2.45) is 0 Å². The molecule has 0 aliphatic heterocycles. The predicted octanol–water partition coefficient (Wildman–Crippen LogP) is 1.22. The average Bonchev–Trinajstić information content (AvgIpc) is 2.53. The molecule has 0 bridgehead atoms. The molecule has 0 aliphatic rings. The van der Waals surface area contributed by atoms with Crippen LogP contribution < -0.4 is 51.4 Å². The topological polar surface area (TPSA) is 93.1 Å². The summed E-state index contributed by atoms with van der Waals surface area (Å²) >= 11 is 0. The first-order valence-electron chi connectivity index (χ1n) is 9.13. The molecule has 9 heteroatoms. The summed E-state index contributed by atoms with van der Waals surface area (Å²) in [6, 6.07) is 0. The molecule has 0 amide bonds. The van der Waals surface area contributed by atoms with Gasteiger partial charge in [-0.15, -0.1) is 0 Å². The minimum absolute atomic E-state index is 0. The van der Waals surface area contributed by atoms with Crippen LogP contribution >= 0.6 is 0 Å². The first kappa shape index (κ1) is 31.1. The summed E-state index contributed by atoms with van der Waals surface area (Å²) in [6.45, 7) is 15.0. The van der Waals surface area contributed by atoms with E-state index in [-0.39, 0.29) is 51.4 Å². The third-order valence-electron chi connectivity index (χ3n) is 4.06. The van der Waals surface area contributed by atoms with Crippen LogP contribution in [0.25, 0.3) is 0 Å². The molecule has 7 nitrogen and oxygen atoms in total. The Morgan fingerprint density at radius 3 is 1.16 bits per heavy atom. The van der Waals surface area contributed by atoms with Gasteiger partial charge in [0.15, 0.2) is 0 Å². The maximum atomic E-state index is 9.28. The number of quaternary nitrogens is 1. The summed E-state index contributed by atoms with van der Waals surface area (Å²) in [5, 5.41) is 9.71. The van der Waals surface area contributed by atoms with Crippen molar-refractivity contribution in [2.75, 3.05) is 26.2 Å². The number of unbranched alkanes of at least 4 members (excludes halogenated alkanes) is 4. The van der Waals surface area contributed by atoms with Crippen molar-refractivity contribution >= 4 is 10.4 Å². The van der Waals surface area contributed by atoms with E-state index in [1.165, 1.54) is 82.0 Å². The Labute approximate surface area is 197 Å². The zero-order valence-corrected chi connectivity index (χ0v) is 20.8. The molecule has 0 unspecified atom stereocenters. The quantitative estimate of drug-likeness (QED) is 0.147. The molecule has 0 heterocycles. The van der Waals surface area contributed by atoms with Crippen LogP contribution in [0.5, 0.6) is 0 Å². The second-order valence-corrected chi connectivity index (χ2v) is 7.21. The SMILES string of the molecule is CCCC[N+](CCCC)(CCCC)CCCC.O=S(=O)(O)OOO.[K+]. The largest absolute Gasteiger partial charge is 1.00 e. The Hall–Kier alpha value is 1.39. The summed E-state index contributed by atoms with van der Waals surface area (Å²) in [4.78, 5) is 0. The van der Waals surface area contributed by atoms with Crippen molar-refractivity contribution in [3.8, 4) is 0 Å². The normalized spacial score (nSPS) is 11.4. The van der Waals surface area contributed by atoms with Crippen molar-refractivity contribution in [3.63, 3.8) is 0 Å². The molecule has 0 aromatic carbocycles. The number of hydrogen-bond acceptors (Lipinski definition) is 5. The molecule has 148 valence electrons. The van der Waals surface area contributed by atoms with Crippen LogP contribution in [0, 0.1) is 0 Å². The molecule has 0 aromatic heterocycles. The summed E-state index contributed by atoms with van der Waals surface area (Å²) in [7, 11) is -4.65. The van der Waals surface area contributed by atoms with Gasteiger partial charge in [-0.2, -0.15) is 8.42 Å². The van der Waals surface area contributed by atoms with Gasteiger partial charge in [0.1, 0.15) is 0 Å². The van der Waals surface area contributed by atoms with E-state index < -0.39 is 10.4 Å². The second kappa shape index (κ2) is 20.1. The fourth-order valence-electron chi connectivity index (χ4n) is 2.68. The summed E-state index contributed by atoms with van der Waals surface area (Å²) in [5.74, 6) is 0. The van der Waals surface area contributed by atoms with E-state index in [0.717, 1.165) is 0 Å². The van der Waals surface area contributed by atoms with Crippen molar-refractivity contribution in [2.45, 2.75) is 79.1 Å². The van der Waals surface area contributed by atoms with Gasteiger partial charge in [0.25, 0.3) is 0 Å². The molecule has 0 radical (unpaired) electrons. The zero-order chi connectivity index (χ0) is 18.9. The van der Waals surface area contributed by atoms with Crippen LogP contribution in [-0.4, -0.2) is 48.9 Å². The molecule has 0 saturated carbocycles. The zero-order valence-electron chi connectivity index (χ0n) is 16.9. The van der Waals surface area contributed by atoms with Gasteiger partial charge in [0.05, 0.1) is 26.2 Å². The molecule has 2 N–H and O–H groups in total. The van der Waals surface area contributed by atoms with E-state index in [1.807, 2.05) is 0 Å².